The highest BCUT2D eigenvalue weighted by molar-refractivity contribution is 5.96. The van der Waals surface area contributed by atoms with E-state index in [9.17, 15) is 9.59 Å². The smallest absolute Gasteiger partial charge is 0.288 e. The Morgan fingerprint density at radius 1 is 0.821 bits per heavy atom. The average Bonchev–Trinajstić information content (AvgIpc) is 3.27. The van der Waals surface area contributed by atoms with Gasteiger partial charge in [-0.2, -0.15) is 0 Å². The van der Waals surface area contributed by atoms with Gasteiger partial charge in [0.1, 0.15) is 5.69 Å². The number of para-hydroxylation sites is 1. The molecule has 0 bridgehead atoms. The van der Waals surface area contributed by atoms with Gasteiger partial charge < -0.3 is 4.57 Å². The van der Waals surface area contributed by atoms with Crippen molar-refractivity contribution in [2.75, 3.05) is 0 Å². The van der Waals surface area contributed by atoms with Crippen LogP contribution in [0, 0.1) is 0 Å². The second kappa shape index (κ2) is 7.75. The summed E-state index contributed by atoms with van der Waals surface area (Å²) in [6, 6.07) is 22.6. The molecule has 0 saturated heterocycles. The molecule has 0 saturated carbocycles. The van der Waals surface area contributed by atoms with Crippen LogP contribution in [0.25, 0.3) is 16.6 Å². The lowest BCUT2D eigenvalue weighted by molar-refractivity contribution is -0.121. The van der Waals surface area contributed by atoms with Crippen LogP contribution in [0.5, 0.6) is 0 Å². The van der Waals surface area contributed by atoms with Crippen LogP contribution >= 0.6 is 0 Å². The first-order valence-corrected chi connectivity index (χ1v) is 8.86. The molecule has 28 heavy (non-hydrogen) atoms. The number of fused-ring (bicyclic) bond motifs is 1. The third-order valence-corrected chi connectivity index (χ3v) is 4.35. The van der Waals surface area contributed by atoms with E-state index in [0.717, 1.165) is 22.2 Å². The van der Waals surface area contributed by atoms with Gasteiger partial charge in [0.05, 0.1) is 11.9 Å². The normalized spacial score (nSPS) is 10.6. The Morgan fingerprint density at radius 3 is 2.36 bits per heavy atom. The van der Waals surface area contributed by atoms with Crippen LogP contribution in [0.3, 0.4) is 0 Å². The molecule has 2 amide bonds. The average molecular weight is 370 g/mol. The molecule has 4 aromatic rings. The van der Waals surface area contributed by atoms with E-state index in [1.165, 1.54) is 0 Å². The number of pyridine rings is 1. The summed E-state index contributed by atoms with van der Waals surface area (Å²) in [4.78, 5) is 28.7. The SMILES string of the molecule is O=C(Cc1ccc(-n2cccc2)cc1)NNC(=O)c1ccc2ccccc2n1. The number of aromatic nitrogens is 2. The summed E-state index contributed by atoms with van der Waals surface area (Å²) in [6.07, 6.45) is 4.08. The molecule has 0 fully saturated rings. The number of nitrogens with zero attached hydrogens (tertiary/aromatic N) is 2. The fourth-order valence-corrected chi connectivity index (χ4v) is 2.91. The Balaban J connectivity index is 1.34. The molecule has 0 spiro atoms. The van der Waals surface area contributed by atoms with E-state index in [4.69, 9.17) is 0 Å². The van der Waals surface area contributed by atoms with Crippen molar-refractivity contribution in [1.29, 1.82) is 0 Å². The molecule has 4 rings (SSSR count). The molecule has 2 N–H and O–H groups in total. The minimum absolute atomic E-state index is 0.164. The maximum atomic E-state index is 12.2. The van der Waals surface area contributed by atoms with Crippen molar-refractivity contribution in [2.24, 2.45) is 0 Å². The molecular weight excluding hydrogens is 352 g/mol. The predicted molar refractivity (Wildman–Crippen MR) is 107 cm³/mol. The zero-order chi connectivity index (χ0) is 19.3. The maximum absolute atomic E-state index is 12.2. The number of hydrogen-bond acceptors (Lipinski definition) is 3. The molecule has 0 aliphatic carbocycles. The summed E-state index contributed by atoms with van der Waals surface area (Å²) in [5.41, 5.74) is 7.69. The molecule has 0 aliphatic heterocycles. The van der Waals surface area contributed by atoms with Crippen LogP contribution in [-0.2, 0) is 11.2 Å². The van der Waals surface area contributed by atoms with Crippen molar-refractivity contribution in [3.63, 3.8) is 0 Å². The van der Waals surface area contributed by atoms with Gasteiger partial charge in [-0.25, -0.2) is 4.98 Å². The van der Waals surface area contributed by atoms with Crippen LogP contribution in [0.4, 0.5) is 0 Å². The topological polar surface area (TPSA) is 76.0 Å². The molecule has 2 heterocycles. The Bertz CT molecular complexity index is 1120. The molecule has 6 heteroatoms. The van der Waals surface area contributed by atoms with Crippen molar-refractivity contribution in [3.05, 3.63) is 96.4 Å². The summed E-state index contributed by atoms with van der Waals surface area (Å²) < 4.78 is 1.99. The van der Waals surface area contributed by atoms with Crippen molar-refractivity contribution in [2.45, 2.75) is 6.42 Å². The lowest BCUT2D eigenvalue weighted by Gasteiger charge is -2.08. The zero-order valence-corrected chi connectivity index (χ0v) is 15.0. The minimum atomic E-state index is -0.456. The van der Waals surface area contributed by atoms with Gasteiger partial charge in [0.25, 0.3) is 5.91 Å². The number of amides is 2. The summed E-state index contributed by atoms with van der Waals surface area (Å²) in [5.74, 6) is -0.759. The van der Waals surface area contributed by atoms with Gasteiger partial charge in [-0.3, -0.25) is 20.4 Å². The summed E-state index contributed by atoms with van der Waals surface area (Å²) in [5, 5.41) is 0.950. The van der Waals surface area contributed by atoms with Gasteiger partial charge in [-0.05, 0) is 42.0 Å². The number of carbonyl (C=O) groups is 2. The standard InChI is InChI=1S/C22H18N4O2/c27-21(15-16-7-10-18(11-8-16)26-13-3-4-14-26)24-25-22(28)20-12-9-17-5-1-2-6-19(17)23-20/h1-14H,15H2,(H,24,27)(H,25,28). The van der Waals surface area contributed by atoms with Crippen LogP contribution in [0.15, 0.2) is 85.2 Å². The molecular formula is C22H18N4O2. The lowest BCUT2D eigenvalue weighted by atomic mass is 10.1. The summed E-state index contributed by atoms with van der Waals surface area (Å²) in [7, 11) is 0. The summed E-state index contributed by atoms with van der Waals surface area (Å²) in [6.45, 7) is 0. The quantitative estimate of drug-likeness (QED) is 0.542. The van der Waals surface area contributed by atoms with Crippen molar-refractivity contribution in [3.8, 4) is 5.69 Å². The second-order valence-electron chi connectivity index (χ2n) is 6.33. The van der Waals surface area contributed by atoms with E-state index < -0.39 is 5.91 Å². The van der Waals surface area contributed by atoms with Gasteiger partial charge in [-0.1, -0.05) is 36.4 Å². The van der Waals surface area contributed by atoms with Crippen LogP contribution in [0.1, 0.15) is 16.1 Å². The molecule has 0 radical (unpaired) electrons. The third-order valence-electron chi connectivity index (χ3n) is 4.35. The highest BCUT2D eigenvalue weighted by Crippen LogP contribution is 2.12. The van der Waals surface area contributed by atoms with E-state index in [0.29, 0.717) is 0 Å². The highest BCUT2D eigenvalue weighted by Gasteiger charge is 2.10. The predicted octanol–water partition coefficient (Wildman–Crippen LogP) is 3.03. The van der Waals surface area contributed by atoms with E-state index in [2.05, 4.69) is 15.8 Å². The van der Waals surface area contributed by atoms with E-state index in [1.54, 1.807) is 6.07 Å². The number of nitrogens with one attached hydrogen (secondary N) is 2. The number of rotatable bonds is 4. The van der Waals surface area contributed by atoms with Crippen LogP contribution < -0.4 is 10.9 Å². The molecule has 0 aliphatic rings. The van der Waals surface area contributed by atoms with Crippen LogP contribution in [-0.4, -0.2) is 21.4 Å². The summed E-state index contributed by atoms with van der Waals surface area (Å²) >= 11 is 0. The lowest BCUT2D eigenvalue weighted by Crippen LogP contribution is -2.42. The van der Waals surface area contributed by atoms with E-state index in [-0.39, 0.29) is 18.0 Å². The zero-order valence-electron chi connectivity index (χ0n) is 15.0. The van der Waals surface area contributed by atoms with Gasteiger partial charge in [-0.15, -0.1) is 0 Å². The Hall–Kier alpha value is -3.93. The minimum Gasteiger partial charge on any atom is -0.324 e. The Labute approximate surface area is 161 Å². The van der Waals surface area contributed by atoms with Gasteiger partial charge in [0.15, 0.2) is 0 Å². The highest BCUT2D eigenvalue weighted by atomic mass is 16.2. The van der Waals surface area contributed by atoms with Gasteiger partial charge in [0.2, 0.25) is 5.91 Å². The van der Waals surface area contributed by atoms with Crippen LogP contribution in [0.2, 0.25) is 0 Å². The number of hydrogen-bond donors (Lipinski definition) is 2. The first kappa shape index (κ1) is 17.5. The van der Waals surface area contributed by atoms with Gasteiger partial charge in [0, 0.05) is 23.5 Å². The van der Waals surface area contributed by atoms with Crippen molar-refractivity contribution < 1.29 is 9.59 Å². The molecule has 2 aromatic carbocycles. The molecule has 0 atom stereocenters. The maximum Gasteiger partial charge on any atom is 0.288 e. The van der Waals surface area contributed by atoms with Crippen molar-refractivity contribution >= 4 is 22.7 Å². The fourth-order valence-electron chi connectivity index (χ4n) is 2.91. The number of hydrazine groups is 1. The number of carbonyl (C=O) groups excluding carboxylic acids is 2. The molecule has 0 unspecified atom stereocenters. The van der Waals surface area contributed by atoms with E-state index in [1.807, 2.05) is 83.7 Å². The fraction of sp³-hybridized carbons (Fsp3) is 0.0455. The Kier molecular flexibility index (Phi) is 4.84. The van der Waals surface area contributed by atoms with Gasteiger partial charge >= 0.3 is 0 Å². The molecule has 2 aromatic heterocycles. The first-order valence-electron chi connectivity index (χ1n) is 8.86. The largest absolute Gasteiger partial charge is 0.324 e. The van der Waals surface area contributed by atoms with Crippen molar-refractivity contribution in [1.82, 2.24) is 20.4 Å². The molecule has 138 valence electrons. The first-order chi connectivity index (χ1) is 13.7. The second-order valence-corrected chi connectivity index (χ2v) is 6.33. The van der Waals surface area contributed by atoms with E-state index >= 15 is 0 Å². The monoisotopic (exact) mass is 370 g/mol. The number of benzene rings is 2. The molecule has 6 nitrogen and oxygen atoms in total. The Morgan fingerprint density at radius 2 is 1.57 bits per heavy atom. The third kappa shape index (κ3) is 3.91.